The van der Waals surface area contributed by atoms with Gasteiger partial charge in [-0.15, -0.1) is 0 Å². The van der Waals surface area contributed by atoms with Crippen molar-refractivity contribution < 1.29 is 78.9 Å². The third kappa shape index (κ3) is 15.5. The first-order chi connectivity index (χ1) is 34.1. The van der Waals surface area contributed by atoms with Crippen LogP contribution in [0.15, 0.2) is 146 Å². The van der Waals surface area contributed by atoms with Crippen LogP contribution in [-0.4, -0.2) is 50.1 Å². The Bertz CT molecular complexity index is 3220. The number of aromatic nitrogens is 6. The van der Waals surface area contributed by atoms with Crippen molar-refractivity contribution in [3.05, 3.63) is 185 Å². The number of carbonyl (C=O) groups is 3. The standard InChI is InChI=1S/C26H26N6O.C21H22N4O.C8H5F3O.K/c1-4-16(2)23-13-19(8-10-28-23)26(33)31-20-6-5-17(3)21(15-20)25-30-12-9-22(32-25)18-7-11-29-24(27)14-18;1-4-21(26)25-20-11-16(8-9-23-20)15-6-5-7-17(10-15)19-12-18(22-3)13-24-14(19)2;9-8(10,11)7-3-1-2-6(4-7)5-12;/h5-16H,4H2,1-3H3,(H3,27,29,31,33);5-13,22H,4H2,1-3H3,(H,23,25,26);1-5H;/q;;;+1/p-1. The molecule has 0 saturated heterocycles. The molecule has 0 aliphatic rings. The first kappa shape index (κ1) is 55.9. The Morgan fingerprint density at radius 1 is 0.750 bits per heavy atom. The summed E-state index contributed by atoms with van der Waals surface area (Å²) < 4.78 is 36.0. The van der Waals surface area contributed by atoms with Gasteiger partial charge in [0.05, 0.1) is 23.1 Å². The molecule has 0 spiro atoms. The first-order valence-electron chi connectivity index (χ1n) is 22.6. The van der Waals surface area contributed by atoms with E-state index in [0.717, 1.165) is 74.6 Å². The maximum Gasteiger partial charge on any atom is 1.00 e. The minimum Gasteiger partial charge on any atom is -0.482 e. The van der Waals surface area contributed by atoms with E-state index in [4.69, 9.17) is 10.4 Å². The van der Waals surface area contributed by atoms with Crippen molar-refractivity contribution in [3.63, 3.8) is 0 Å². The Kier molecular flexibility index (Phi) is 20.5. The van der Waals surface area contributed by atoms with Gasteiger partial charge in [0.1, 0.15) is 12.1 Å². The van der Waals surface area contributed by atoms with Crippen molar-refractivity contribution in [2.24, 2.45) is 0 Å². The van der Waals surface area contributed by atoms with Gasteiger partial charge in [-0.05, 0) is 121 Å². The molecule has 8 rings (SSSR count). The van der Waals surface area contributed by atoms with Crippen molar-refractivity contribution >= 4 is 35.3 Å². The summed E-state index contributed by atoms with van der Waals surface area (Å²) in [4.78, 5) is 60.7. The average molecular weight is 997 g/mol. The van der Waals surface area contributed by atoms with Crippen molar-refractivity contribution in [1.29, 1.82) is 5.41 Å². The minimum absolute atomic E-state index is 0. The fraction of sp³-hybridized carbons (Fsp3) is 0.182. The molecule has 5 heterocycles. The van der Waals surface area contributed by atoms with Crippen molar-refractivity contribution in [2.75, 3.05) is 23.0 Å². The molecule has 3 aromatic carbocycles. The average Bonchev–Trinajstić information content (AvgIpc) is 3.39. The third-order valence-corrected chi connectivity index (χ3v) is 11.2. The molecule has 0 radical (unpaired) electrons. The monoisotopic (exact) mass is 996 g/mol. The third-order valence-electron chi connectivity index (χ3n) is 11.2. The Morgan fingerprint density at radius 2 is 1.47 bits per heavy atom. The number of amides is 2. The number of hydrogen-bond donors (Lipinski definition) is 4. The second kappa shape index (κ2) is 26.4. The van der Waals surface area contributed by atoms with Gasteiger partial charge in [0.2, 0.25) is 5.91 Å². The Labute approximate surface area is 458 Å². The molecule has 0 saturated carbocycles. The van der Waals surface area contributed by atoms with Gasteiger partial charge >= 0.3 is 57.6 Å². The summed E-state index contributed by atoms with van der Waals surface area (Å²) >= 11 is 0. The van der Waals surface area contributed by atoms with Crippen LogP contribution in [0, 0.1) is 19.3 Å². The number of nitrogens with zero attached hydrogens (tertiary/aromatic N) is 6. The molecule has 1 atom stereocenters. The van der Waals surface area contributed by atoms with E-state index in [0.29, 0.717) is 47.2 Å². The number of hydrogen-bond acceptors (Lipinski definition) is 10. The zero-order valence-electron chi connectivity index (χ0n) is 41.0. The van der Waals surface area contributed by atoms with Gasteiger partial charge in [-0.2, -0.15) is 13.2 Å². The summed E-state index contributed by atoms with van der Waals surface area (Å²) in [6.45, 7) is 10.0. The number of pyridine rings is 4. The van der Waals surface area contributed by atoms with E-state index in [1.165, 1.54) is 12.1 Å². The molecule has 362 valence electrons. The van der Waals surface area contributed by atoms with Crippen LogP contribution in [-0.2, 0) is 11.0 Å². The summed E-state index contributed by atoms with van der Waals surface area (Å²) in [7, 11) is 1.88. The predicted molar refractivity (Wildman–Crippen MR) is 271 cm³/mol. The fourth-order valence-corrected chi connectivity index (χ4v) is 6.98. The van der Waals surface area contributed by atoms with E-state index < -0.39 is 11.7 Å². The molecule has 8 aromatic rings. The SMILES string of the molecule is CCC(=O)Nc1cc(-c2cccc(-c3cc(NC)cnc3C)c2)ccn1.CCC(C)c1cc(C(=O)Nc2ccc(C)c(-c3nccc(-c4cc[n-]c(=N)c4)n3)c2)ccn1.O=Cc1cccc(C(F)(F)F)c1.[K+]. The summed E-state index contributed by atoms with van der Waals surface area (Å²) in [5.74, 6) is 1.17. The smallest absolute Gasteiger partial charge is 0.482 e. The molecule has 17 heteroatoms. The molecule has 2 amide bonds. The quantitative estimate of drug-likeness (QED) is 0.0681. The number of halogens is 3. The van der Waals surface area contributed by atoms with Crippen molar-refractivity contribution in [2.45, 2.75) is 59.6 Å². The zero-order valence-corrected chi connectivity index (χ0v) is 44.1. The number of nitrogens with one attached hydrogen (secondary N) is 4. The van der Waals surface area contributed by atoms with Crippen LogP contribution in [0.4, 0.5) is 30.4 Å². The molecule has 0 aliphatic carbocycles. The number of benzene rings is 3. The van der Waals surface area contributed by atoms with Crippen LogP contribution < -0.4 is 77.8 Å². The van der Waals surface area contributed by atoms with Crippen LogP contribution in [0.3, 0.4) is 0 Å². The van der Waals surface area contributed by atoms with E-state index in [1.807, 2.05) is 82.5 Å². The van der Waals surface area contributed by atoms with Crippen LogP contribution in [0.2, 0.25) is 0 Å². The van der Waals surface area contributed by atoms with Gasteiger partial charge < -0.3 is 26.3 Å². The summed E-state index contributed by atoms with van der Waals surface area (Å²) in [5.41, 5.74) is 11.1. The fourth-order valence-electron chi connectivity index (χ4n) is 6.98. The topological polar surface area (TPSA) is 190 Å². The summed E-state index contributed by atoms with van der Waals surface area (Å²) in [6, 6.07) is 33.0. The van der Waals surface area contributed by atoms with Crippen molar-refractivity contribution in [1.82, 2.24) is 29.9 Å². The van der Waals surface area contributed by atoms with Gasteiger partial charge in [0.15, 0.2) is 5.82 Å². The largest absolute Gasteiger partial charge is 1.00 e. The van der Waals surface area contributed by atoms with E-state index in [2.05, 4.69) is 79.0 Å². The normalized spacial score (nSPS) is 11.0. The number of aryl methyl sites for hydroxylation is 2. The van der Waals surface area contributed by atoms with Crippen LogP contribution in [0.1, 0.15) is 82.8 Å². The zero-order chi connectivity index (χ0) is 51.1. The minimum atomic E-state index is -4.38. The molecular weight excluding hydrogens is 945 g/mol. The van der Waals surface area contributed by atoms with E-state index >= 15 is 0 Å². The van der Waals surface area contributed by atoms with Gasteiger partial charge in [0.25, 0.3) is 5.91 Å². The maximum absolute atomic E-state index is 12.9. The van der Waals surface area contributed by atoms with Crippen LogP contribution >= 0.6 is 0 Å². The van der Waals surface area contributed by atoms with Gasteiger partial charge in [-0.3, -0.25) is 24.4 Å². The van der Waals surface area contributed by atoms with Crippen molar-refractivity contribution in [3.8, 4) is 44.9 Å². The second-order valence-corrected chi connectivity index (χ2v) is 16.2. The molecule has 4 N–H and O–H groups in total. The first-order valence-corrected chi connectivity index (χ1v) is 22.6. The molecule has 0 aliphatic heterocycles. The molecule has 5 aromatic heterocycles. The molecular formula is C55H52F3KN10O3. The Balaban J connectivity index is 0.000000219. The second-order valence-electron chi connectivity index (χ2n) is 16.2. The molecule has 0 bridgehead atoms. The molecule has 1 unspecified atom stereocenters. The number of alkyl halides is 3. The summed E-state index contributed by atoms with van der Waals surface area (Å²) in [5, 5.41) is 16.7. The van der Waals surface area contributed by atoms with Gasteiger partial charge in [0, 0.05) is 71.4 Å². The number of rotatable bonds is 12. The van der Waals surface area contributed by atoms with Crippen LogP contribution in [0.5, 0.6) is 0 Å². The number of anilines is 3. The van der Waals surface area contributed by atoms with Crippen LogP contribution in [0.25, 0.3) is 44.9 Å². The van der Waals surface area contributed by atoms with E-state index in [9.17, 15) is 27.6 Å². The number of carbonyl (C=O) groups excluding carboxylic acids is 3. The van der Waals surface area contributed by atoms with Gasteiger partial charge in [-0.1, -0.05) is 81.0 Å². The molecule has 0 fully saturated rings. The number of aldehydes is 1. The predicted octanol–water partition coefficient (Wildman–Crippen LogP) is 8.75. The Hall–Kier alpha value is -7.02. The van der Waals surface area contributed by atoms with E-state index in [-0.39, 0.29) is 74.3 Å². The Morgan fingerprint density at radius 3 is 2.19 bits per heavy atom. The maximum atomic E-state index is 12.9. The molecule has 72 heavy (non-hydrogen) atoms. The molecule has 13 nitrogen and oxygen atoms in total. The summed E-state index contributed by atoms with van der Waals surface area (Å²) in [6.07, 6.45) is 5.89. The van der Waals surface area contributed by atoms with Gasteiger partial charge in [-0.25, -0.2) is 15.0 Å². The van der Waals surface area contributed by atoms with E-state index in [1.54, 1.807) is 43.0 Å².